The van der Waals surface area contributed by atoms with Crippen molar-refractivity contribution in [2.24, 2.45) is 0 Å². The van der Waals surface area contributed by atoms with Crippen molar-refractivity contribution < 1.29 is 45.1 Å². The van der Waals surface area contributed by atoms with Gasteiger partial charge in [0.25, 0.3) is 0 Å². The number of alkyl halides is 7. The van der Waals surface area contributed by atoms with Crippen LogP contribution in [0.5, 0.6) is 0 Å². The Balaban J connectivity index is 2.13. The topological polar surface area (TPSA) is 74.8 Å². The second-order valence-electron chi connectivity index (χ2n) is 6.84. The highest BCUT2D eigenvalue weighted by Crippen LogP contribution is 2.56. The summed E-state index contributed by atoms with van der Waals surface area (Å²) in [6, 6.07) is 3.91. The monoisotopic (exact) mass is 480 g/mol. The standard InChI is InChI=1S/C19H15F7N4O3/c1-33-16(32)30-14-12(10-29(15(30)31)28-9-11-4-3-7-27-8-11)5-2-6-13(14)17(20,18(21,22)23)19(24,25)26/h2-8,28H,9-10H2,1H3. The molecule has 0 saturated heterocycles. The number of nitrogens with one attached hydrogen (secondary N) is 1. The maximum absolute atomic E-state index is 14.9. The maximum atomic E-state index is 14.9. The number of anilines is 1. The van der Waals surface area contributed by atoms with Gasteiger partial charge in [-0.05, 0) is 17.2 Å². The number of rotatable bonds is 4. The number of ether oxygens (including phenoxy) is 1. The molecule has 1 aromatic carbocycles. The lowest BCUT2D eigenvalue weighted by atomic mass is 9.89. The van der Waals surface area contributed by atoms with Gasteiger partial charge in [0.15, 0.2) is 0 Å². The summed E-state index contributed by atoms with van der Waals surface area (Å²) in [6.45, 7) is -0.594. The molecule has 3 rings (SSSR count). The van der Waals surface area contributed by atoms with Crippen LogP contribution in [0.2, 0.25) is 0 Å². The quantitative estimate of drug-likeness (QED) is 0.649. The number of nitrogens with zero attached hydrogens (tertiary/aromatic N) is 3. The minimum absolute atomic E-state index is 0.0260. The van der Waals surface area contributed by atoms with Gasteiger partial charge >= 0.3 is 30.1 Å². The van der Waals surface area contributed by atoms with E-state index in [1.165, 1.54) is 12.4 Å². The number of fused-ring (bicyclic) bond motifs is 1. The first kappa shape index (κ1) is 24.2. The minimum Gasteiger partial charge on any atom is -0.452 e. The first-order chi connectivity index (χ1) is 15.3. The van der Waals surface area contributed by atoms with Crippen molar-refractivity contribution in [3.05, 3.63) is 59.4 Å². The summed E-state index contributed by atoms with van der Waals surface area (Å²) < 4.78 is 99.7. The second kappa shape index (κ2) is 8.50. The third kappa shape index (κ3) is 4.17. The van der Waals surface area contributed by atoms with Crippen LogP contribution in [-0.4, -0.2) is 41.6 Å². The first-order valence-corrected chi connectivity index (χ1v) is 9.09. The summed E-state index contributed by atoms with van der Waals surface area (Å²) in [6.07, 6.45) is -11.6. The van der Waals surface area contributed by atoms with Crippen molar-refractivity contribution in [1.29, 1.82) is 0 Å². The van der Waals surface area contributed by atoms with Crippen LogP contribution in [0.3, 0.4) is 0 Å². The Morgan fingerprint density at radius 3 is 2.30 bits per heavy atom. The van der Waals surface area contributed by atoms with E-state index in [9.17, 15) is 40.3 Å². The number of halogens is 7. The van der Waals surface area contributed by atoms with Crippen LogP contribution in [0.1, 0.15) is 16.7 Å². The van der Waals surface area contributed by atoms with Gasteiger partial charge < -0.3 is 4.74 Å². The molecule has 178 valence electrons. The summed E-state index contributed by atoms with van der Waals surface area (Å²) >= 11 is 0. The van der Waals surface area contributed by atoms with Crippen molar-refractivity contribution in [3.8, 4) is 0 Å². The number of urea groups is 1. The number of hydrazine groups is 1. The summed E-state index contributed by atoms with van der Waals surface area (Å²) in [5.74, 6) is 0. The molecule has 0 spiro atoms. The fourth-order valence-electron chi connectivity index (χ4n) is 3.26. The predicted molar refractivity (Wildman–Crippen MR) is 98.2 cm³/mol. The van der Waals surface area contributed by atoms with Gasteiger partial charge in [0.05, 0.1) is 19.3 Å². The summed E-state index contributed by atoms with van der Waals surface area (Å²) in [4.78, 5) is 28.9. The number of aromatic nitrogens is 1. The zero-order valence-corrected chi connectivity index (χ0v) is 16.7. The SMILES string of the molecule is COC(=O)N1C(=O)N(NCc2cccnc2)Cc2cccc(C(F)(C(F)(F)F)C(F)(F)F)c21. The fourth-order valence-corrected chi connectivity index (χ4v) is 3.26. The Hall–Kier alpha value is -3.42. The number of benzene rings is 1. The summed E-state index contributed by atoms with van der Waals surface area (Å²) in [7, 11) is 0.760. The number of pyridine rings is 1. The number of hydrogen-bond acceptors (Lipinski definition) is 5. The van der Waals surface area contributed by atoms with Gasteiger partial charge in [-0.3, -0.25) is 9.99 Å². The maximum Gasteiger partial charge on any atom is 0.436 e. The van der Waals surface area contributed by atoms with Crippen LogP contribution in [0.4, 0.5) is 46.0 Å². The van der Waals surface area contributed by atoms with Gasteiger partial charge in [-0.15, -0.1) is 0 Å². The fraction of sp³-hybridized carbons (Fsp3) is 0.316. The highest BCUT2D eigenvalue weighted by atomic mass is 19.4. The van der Waals surface area contributed by atoms with Crippen molar-refractivity contribution in [1.82, 2.24) is 15.4 Å². The van der Waals surface area contributed by atoms with Crippen LogP contribution in [0, 0.1) is 0 Å². The number of para-hydroxylation sites is 1. The molecule has 0 fully saturated rings. The van der Waals surface area contributed by atoms with E-state index in [0.29, 0.717) is 5.56 Å². The number of hydrogen-bond donors (Lipinski definition) is 1. The normalized spacial score (nSPS) is 14.8. The molecule has 14 heteroatoms. The molecule has 0 unspecified atom stereocenters. The van der Waals surface area contributed by atoms with E-state index in [1.807, 2.05) is 0 Å². The van der Waals surface area contributed by atoms with E-state index in [0.717, 1.165) is 24.3 Å². The lowest BCUT2D eigenvalue weighted by Crippen LogP contribution is -2.57. The molecule has 7 nitrogen and oxygen atoms in total. The van der Waals surface area contributed by atoms with Crippen LogP contribution in [0.15, 0.2) is 42.7 Å². The largest absolute Gasteiger partial charge is 0.452 e. The molecule has 0 atom stereocenters. The number of amides is 3. The van der Waals surface area contributed by atoms with E-state index in [4.69, 9.17) is 0 Å². The van der Waals surface area contributed by atoms with Gasteiger partial charge in [0, 0.05) is 24.5 Å². The minimum atomic E-state index is -6.44. The molecule has 0 bridgehead atoms. The van der Waals surface area contributed by atoms with E-state index >= 15 is 0 Å². The number of methoxy groups -OCH3 is 1. The lowest BCUT2D eigenvalue weighted by Gasteiger charge is -2.39. The molecular formula is C19H15F7N4O3. The van der Waals surface area contributed by atoms with Gasteiger partial charge in [-0.1, -0.05) is 24.3 Å². The van der Waals surface area contributed by atoms with E-state index in [-0.39, 0.29) is 23.1 Å². The predicted octanol–water partition coefficient (Wildman–Crippen LogP) is 4.58. The highest BCUT2D eigenvalue weighted by molar-refractivity contribution is 6.13. The van der Waals surface area contributed by atoms with Gasteiger partial charge in [-0.25, -0.2) is 19.4 Å². The summed E-state index contributed by atoms with van der Waals surface area (Å²) in [5.41, 5.74) is -6.17. The van der Waals surface area contributed by atoms with Crippen LogP contribution < -0.4 is 10.3 Å². The Labute approximate surface area is 181 Å². The molecule has 2 heterocycles. The molecule has 1 aliphatic rings. The Kier molecular flexibility index (Phi) is 6.24. The van der Waals surface area contributed by atoms with Gasteiger partial charge in [0.2, 0.25) is 0 Å². The van der Waals surface area contributed by atoms with E-state index in [1.54, 1.807) is 12.1 Å². The smallest absolute Gasteiger partial charge is 0.436 e. The first-order valence-electron chi connectivity index (χ1n) is 9.09. The molecule has 0 aliphatic carbocycles. The van der Waals surface area contributed by atoms with Crippen molar-refractivity contribution in [2.45, 2.75) is 31.1 Å². The van der Waals surface area contributed by atoms with E-state index in [2.05, 4.69) is 15.1 Å². The van der Waals surface area contributed by atoms with Crippen LogP contribution >= 0.6 is 0 Å². The Bertz CT molecular complexity index is 1030. The Morgan fingerprint density at radius 1 is 1.09 bits per heavy atom. The van der Waals surface area contributed by atoms with Crippen molar-refractivity contribution >= 4 is 17.8 Å². The molecule has 1 N–H and O–H groups in total. The third-order valence-corrected chi connectivity index (χ3v) is 4.80. The van der Waals surface area contributed by atoms with Crippen molar-refractivity contribution in [2.75, 3.05) is 12.0 Å². The van der Waals surface area contributed by atoms with Crippen molar-refractivity contribution in [3.63, 3.8) is 0 Å². The lowest BCUT2D eigenvalue weighted by molar-refractivity contribution is -0.348. The zero-order chi connectivity index (χ0) is 24.6. The average Bonchev–Trinajstić information content (AvgIpc) is 2.75. The van der Waals surface area contributed by atoms with Gasteiger partial charge in [-0.2, -0.15) is 31.2 Å². The molecule has 1 aliphatic heterocycles. The molecule has 3 amide bonds. The highest BCUT2D eigenvalue weighted by Gasteiger charge is 2.74. The van der Waals surface area contributed by atoms with Gasteiger partial charge in [0.1, 0.15) is 0 Å². The number of carbonyl (C=O) groups is 2. The molecule has 0 radical (unpaired) electrons. The third-order valence-electron chi connectivity index (χ3n) is 4.80. The molecule has 2 aromatic rings. The average molecular weight is 480 g/mol. The number of imide groups is 1. The summed E-state index contributed by atoms with van der Waals surface area (Å²) in [5, 5.41) is 0.775. The van der Waals surface area contributed by atoms with Crippen LogP contribution in [-0.2, 0) is 23.5 Å². The van der Waals surface area contributed by atoms with E-state index < -0.39 is 47.9 Å². The molecule has 33 heavy (non-hydrogen) atoms. The second-order valence-corrected chi connectivity index (χ2v) is 6.84. The zero-order valence-electron chi connectivity index (χ0n) is 16.7. The molecule has 0 saturated carbocycles. The van der Waals surface area contributed by atoms with Crippen LogP contribution in [0.25, 0.3) is 0 Å². The Morgan fingerprint density at radius 2 is 1.76 bits per heavy atom. The molecular weight excluding hydrogens is 465 g/mol. The number of carbonyl (C=O) groups excluding carboxylic acids is 2. The molecule has 1 aromatic heterocycles.